The van der Waals surface area contributed by atoms with Crippen LogP contribution in [0.1, 0.15) is 28.0 Å². The molecule has 132 valence electrons. The Morgan fingerprint density at radius 3 is 2.73 bits per heavy atom. The Kier molecular flexibility index (Phi) is 4.39. The van der Waals surface area contributed by atoms with Gasteiger partial charge in [0.25, 0.3) is 5.91 Å². The van der Waals surface area contributed by atoms with Gasteiger partial charge in [-0.1, -0.05) is 36.4 Å². The van der Waals surface area contributed by atoms with Gasteiger partial charge in [-0.05, 0) is 30.5 Å². The van der Waals surface area contributed by atoms with E-state index in [1.54, 1.807) is 21.8 Å². The number of rotatable bonds is 4. The van der Waals surface area contributed by atoms with Crippen LogP contribution in [0.15, 0.2) is 54.7 Å². The van der Waals surface area contributed by atoms with Gasteiger partial charge in [0.15, 0.2) is 0 Å². The topological polar surface area (TPSA) is 60.2 Å². The summed E-state index contributed by atoms with van der Waals surface area (Å²) in [5, 5.41) is 4.45. The fourth-order valence-electron chi connectivity index (χ4n) is 2.99. The van der Waals surface area contributed by atoms with Gasteiger partial charge in [-0.2, -0.15) is 0 Å². The second kappa shape index (κ2) is 7.00. The van der Waals surface area contributed by atoms with E-state index >= 15 is 0 Å². The van der Waals surface area contributed by atoms with Crippen LogP contribution in [0, 0.1) is 6.92 Å². The number of ether oxygens (including phenoxy) is 1. The summed E-state index contributed by atoms with van der Waals surface area (Å²) in [4.78, 5) is 19.1. The first kappa shape index (κ1) is 16.3. The van der Waals surface area contributed by atoms with Gasteiger partial charge in [0.05, 0.1) is 0 Å². The fraction of sp³-hybridized carbons (Fsp3) is 0.250. The van der Waals surface area contributed by atoms with Crippen LogP contribution >= 0.6 is 0 Å². The Bertz CT molecular complexity index is 903. The van der Waals surface area contributed by atoms with Gasteiger partial charge in [-0.25, -0.2) is 4.98 Å². The summed E-state index contributed by atoms with van der Waals surface area (Å²) in [6.45, 7) is 3.71. The summed E-state index contributed by atoms with van der Waals surface area (Å²) >= 11 is 0. The standard InChI is InChI=1S/C20H20N4O2/c1-15-8-9-18(21-13-15)23-10-5-11-24-17(20(23)25)12-19(22-24)26-14-16-6-3-2-4-7-16/h2-4,6-9,12-13H,5,10-11,14H2,1H3. The normalized spacial score (nSPS) is 14.0. The Labute approximate surface area is 152 Å². The lowest BCUT2D eigenvalue weighted by Gasteiger charge is -2.18. The molecule has 0 saturated carbocycles. The number of aromatic nitrogens is 3. The largest absolute Gasteiger partial charge is 0.472 e. The summed E-state index contributed by atoms with van der Waals surface area (Å²) in [7, 11) is 0. The Morgan fingerprint density at radius 1 is 1.12 bits per heavy atom. The zero-order valence-corrected chi connectivity index (χ0v) is 14.6. The predicted octanol–water partition coefficient (Wildman–Crippen LogP) is 3.22. The molecule has 6 nitrogen and oxygen atoms in total. The van der Waals surface area contributed by atoms with E-state index in [4.69, 9.17) is 4.74 Å². The van der Waals surface area contributed by atoms with Crippen molar-refractivity contribution < 1.29 is 9.53 Å². The Hall–Kier alpha value is -3.15. The zero-order valence-electron chi connectivity index (χ0n) is 14.6. The maximum absolute atomic E-state index is 13.0. The number of hydrogen-bond acceptors (Lipinski definition) is 4. The van der Waals surface area contributed by atoms with Crippen LogP contribution < -0.4 is 9.64 Å². The first-order valence-corrected chi connectivity index (χ1v) is 8.70. The zero-order chi connectivity index (χ0) is 17.9. The van der Waals surface area contributed by atoms with Crippen LogP contribution in [-0.2, 0) is 13.2 Å². The molecular weight excluding hydrogens is 328 g/mol. The minimum absolute atomic E-state index is 0.0964. The number of anilines is 1. The van der Waals surface area contributed by atoms with E-state index in [2.05, 4.69) is 10.1 Å². The summed E-state index contributed by atoms with van der Waals surface area (Å²) < 4.78 is 7.51. The quantitative estimate of drug-likeness (QED) is 0.726. The van der Waals surface area contributed by atoms with Crippen molar-refractivity contribution in [3.05, 3.63) is 71.5 Å². The van der Waals surface area contributed by atoms with Crippen LogP contribution in [0.3, 0.4) is 0 Å². The van der Waals surface area contributed by atoms with Crippen molar-refractivity contribution in [1.29, 1.82) is 0 Å². The third-order valence-corrected chi connectivity index (χ3v) is 4.38. The number of pyridine rings is 1. The average molecular weight is 348 g/mol. The molecule has 0 aliphatic carbocycles. The van der Waals surface area contributed by atoms with Crippen molar-refractivity contribution in [1.82, 2.24) is 14.8 Å². The second-order valence-corrected chi connectivity index (χ2v) is 6.37. The number of fused-ring (bicyclic) bond motifs is 1. The van der Waals surface area contributed by atoms with Gasteiger partial charge in [0, 0.05) is 25.4 Å². The lowest BCUT2D eigenvalue weighted by atomic mass is 10.2. The summed E-state index contributed by atoms with van der Waals surface area (Å²) in [5.41, 5.74) is 2.66. The first-order valence-electron chi connectivity index (χ1n) is 8.70. The van der Waals surface area contributed by atoms with Crippen LogP contribution in [0.2, 0.25) is 0 Å². The minimum Gasteiger partial charge on any atom is -0.472 e. The number of benzene rings is 1. The van der Waals surface area contributed by atoms with Crippen molar-refractivity contribution in [2.75, 3.05) is 11.4 Å². The molecule has 0 saturated heterocycles. The minimum atomic E-state index is -0.0964. The van der Waals surface area contributed by atoms with Crippen LogP contribution in [0.25, 0.3) is 0 Å². The highest BCUT2D eigenvalue weighted by Crippen LogP contribution is 2.22. The number of aryl methyl sites for hydroxylation is 2. The molecule has 0 atom stereocenters. The third-order valence-electron chi connectivity index (χ3n) is 4.38. The van der Waals surface area contributed by atoms with E-state index in [1.807, 2.05) is 49.4 Å². The molecule has 3 heterocycles. The second-order valence-electron chi connectivity index (χ2n) is 6.37. The SMILES string of the molecule is Cc1ccc(N2CCCn3nc(OCc4ccccc4)cc3C2=O)nc1. The third kappa shape index (κ3) is 3.31. The van der Waals surface area contributed by atoms with Gasteiger partial charge in [0.1, 0.15) is 18.1 Å². The molecule has 0 bridgehead atoms. The summed E-state index contributed by atoms with van der Waals surface area (Å²) in [6.07, 6.45) is 2.59. The molecule has 1 aliphatic rings. The number of amides is 1. The monoisotopic (exact) mass is 348 g/mol. The molecule has 3 aromatic rings. The van der Waals surface area contributed by atoms with Gasteiger partial charge < -0.3 is 4.74 Å². The molecule has 26 heavy (non-hydrogen) atoms. The molecule has 6 heteroatoms. The molecule has 4 rings (SSSR count). The van der Waals surface area contributed by atoms with E-state index in [-0.39, 0.29) is 5.91 Å². The summed E-state index contributed by atoms with van der Waals surface area (Å²) in [6, 6.07) is 15.5. The van der Waals surface area contributed by atoms with Crippen LogP contribution in [-0.4, -0.2) is 27.2 Å². The molecule has 0 unspecified atom stereocenters. The van der Waals surface area contributed by atoms with Crippen molar-refractivity contribution >= 4 is 11.7 Å². The average Bonchev–Trinajstić information content (AvgIpc) is 3.01. The molecular formula is C20H20N4O2. The highest BCUT2D eigenvalue weighted by atomic mass is 16.5. The number of carbonyl (C=O) groups excluding carboxylic acids is 1. The molecule has 0 N–H and O–H groups in total. The first-order chi connectivity index (χ1) is 12.7. The Balaban J connectivity index is 1.54. The lowest BCUT2D eigenvalue weighted by molar-refractivity contribution is 0.0981. The van der Waals surface area contributed by atoms with Gasteiger partial charge in [0.2, 0.25) is 5.88 Å². The van der Waals surface area contributed by atoms with E-state index in [9.17, 15) is 4.79 Å². The number of nitrogens with zero attached hydrogens (tertiary/aromatic N) is 4. The molecule has 1 amide bonds. The lowest BCUT2D eigenvalue weighted by Crippen LogP contribution is -2.31. The predicted molar refractivity (Wildman–Crippen MR) is 98.3 cm³/mol. The number of hydrogen-bond donors (Lipinski definition) is 0. The van der Waals surface area contributed by atoms with Crippen LogP contribution in [0.4, 0.5) is 5.82 Å². The molecule has 0 radical (unpaired) electrons. The van der Waals surface area contributed by atoms with Gasteiger partial charge in [-0.15, -0.1) is 5.10 Å². The fourth-order valence-corrected chi connectivity index (χ4v) is 2.99. The molecule has 0 fully saturated rings. The van der Waals surface area contributed by atoms with Gasteiger partial charge in [-0.3, -0.25) is 14.4 Å². The van der Waals surface area contributed by atoms with Crippen molar-refractivity contribution in [3.63, 3.8) is 0 Å². The maximum atomic E-state index is 13.0. The van der Waals surface area contributed by atoms with E-state index in [0.29, 0.717) is 37.1 Å². The highest BCUT2D eigenvalue weighted by Gasteiger charge is 2.26. The molecule has 0 spiro atoms. The van der Waals surface area contributed by atoms with E-state index in [0.717, 1.165) is 17.5 Å². The van der Waals surface area contributed by atoms with Gasteiger partial charge >= 0.3 is 0 Å². The number of carbonyl (C=O) groups is 1. The highest BCUT2D eigenvalue weighted by molar-refractivity contribution is 6.04. The van der Waals surface area contributed by atoms with E-state index in [1.165, 1.54) is 0 Å². The van der Waals surface area contributed by atoms with Crippen molar-refractivity contribution in [2.24, 2.45) is 0 Å². The molecule has 1 aliphatic heterocycles. The molecule has 1 aromatic carbocycles. The Morgan fingerprint density at radius 2 is 1.96 bits per heavy atom. The smallest absolute Gasteiger partial charge is 0.277 e. The maximum Gasteiger partial charge on any atom is 0.277 e. The van der Waals surface area contributed by atoms with Crippen molar-refractivity contribution in [3.8, 4) is 5.88 Å². The molecule has 2 aromatic heterocycles. The summed E-state index contributed by atoms with van der Waals surface area (Å²) in [5.74, 6) is 1.04. The van der Waals surface area contributed by atoms with E-state index < -0.39 is 0 Å². The van der Waals surface area contributed by atoms with Crippen molar-refractivity contribution in [2.45, 2.75) is 26.5 Å². The van der Waals surface area contributed by atoms with Crippen LogP contribution in [0.5, 0.6) is 5.88 Å².